The second kappa shape index (κ2) is 6.77. The van der Waals surface area contributed by atoms with Gasteiger partial charge in [0.2, 0.25) is 0 Å². The lowest BCUT2D eigenvalue weighted by atomic mass is 9.83. The zero-order valence-electron chi connectivity index (χ0n) is 11.1. The summed E-state index contributed by atoms with van der Waals surface area (Å²) >= 11 is 0. The lowest BCUT2D eigenvalue weighted by Crippen LogP contribution is -2.37. The molecule has 0 aromatic heterocycles. The van der Waals surface area contributed by atoms with Gasteiger partial charge in [-0.15, -0.1) is 0 Å². The Morgan fingerprint density at radius 3 is 2.25 bits per heavy atom. The van der Waals surface area contributed by atoms with E-state index >= 15 is 0 Å². The summed E-state index contributed by atoms with van der Waals surface area (Å²) in [4.78, 5) is 6.65. The maximum atomic E-state index is 5.96. The number of guanidine groups is 1. The molecule has 94 valence electrons. The Kier molecular flexibility index (Phi) is 5.64. The largest absolute Gasteiger partial charge is 0.370 e. The van der Waals surface area contributed by atoms with Crippen LogP contribution in [0.15, 0.2) is 4.99 Å². The van der Waals surface area contributed by atoms with Crippen LogP contribution >= 0.6 is 0 Å². The molecule has 0 saturated heterocycles. The van der Waals surface area contributed by atoms with Crippen molar-refractivity contribution in [3.63, 3.8) is 0 Å². The van der Waals surface area contributed by atoms with E-state index in [0.717, 1.165) is 37.4 Å². The molecule has 2 N–H and O–H groups in total. The molecule has 0 amide bonds. The van der Waals surface area contributed by atoms with Gasteiger partial charge < -0.3 is 10.6 Å². The molecule has 16 heavy (non-hydrogen) atoms. The van der Waals surface area contributed by atoms with Crippen LogP contribution in [-0.4, -0.2) is 30.5 Å². The van der Waals surface area contributed by atoms with Gasteiger partial charge >= 0.3 is 0 Å². The van der Waals surface area contributed by atoms with Crippen molar-refractivity contribution in [2.75, 3.05) is 19.6 Å². The molecule has 0 heterocycles. The average molecular weight is 225 g/mol. The molecule has 0 aromatic rings. The number of rotatable bonds is 4. The molecule has 1 aliphatic rings. The second-order valence-electron chi connectivity index (χ2n) is 5.00. The van der Waals surface area contributed by atoms with Gasteiger partial charge in [0.05, 0.1) is 0 Å². The average Bonchev–Trinajstić information content (AvgIpc) is 2.30. The highest BCUT2D eigenvalue weighted by Crippen LogP contribution is 2.28. The minimum absolute atomic E-state index is 0.726. The van der Waals surface area contributed by atoms with Crippen LogP contribution in [0.25, 0.3) is 0 Å². The van der Waals surface area contributed by atoms with Gasteiger partial charge in [-0.1, -0.05) is 19.8 Å². The zero-order valence-corrected chi connectivity index (χ0v) is 11.1. The normalized spacial score (nSPS) is 26.8. The molecular formula is C13H27N3. The third-order valence-electron chi connectivity index (χ3n) is 3.73. The molecule has 3 nitrogen and oxygen atoms in total. The molecule has 3 heteroatoms. The molecule has 0 unspecified atom stereocenters. The first kappa shape index (κ1) is 13.3. The van der Waals surface area contributed by atoms with Crippen molar-refractivity contribution in [1.82, 2.24) is 4.90 Å². The first-order valence-electron chi connectivity index (χ1n) is 6.72. The monoisotopic (exact) mass is 225 g/mol. The van der Waals surface area contributed by atoms with Crippen molar-refractivity contribution in [3.8, 4) is 0 Å². The Bertz CT molecular complexity index is 213. The third kappa shape index (κ3) is 4.03. The lowest BCUT2D eigenvalue weighted by molar-refractivity contribution is 0.295. The first-order valence-corrected chi connectivity index (χ1v) is 6.72. The molecular weight excluding hydrogens is 198 g/mol. The molecule has 0 radical (unpaired) electrons. The fourth-order valence-corrected chi connectivity index (χ4v) is 2.38. The summed E-state index contributed by atoms with van der Waals surface area (Å²) in [7, 11) is 0. The molecule has 0 aromatic carbocycles. The van der Waals surface area contributed by atoms with Crippen LogP contribution in [0.1, 0.15) is 46.5 Å². The van der Waals surface area contributed by atoms with Gasteiger partial charge in [-0.2, -0.15) is 0 Å². The Hall–Kier alpha value is -0.730. The SMILES string of the molecule is CCN(CC)C(N)=NCC1CCC(C)CC1. The van der Waals surface area contributed by atoms with Crippen molar-refractivity contribution in [3.05, 3.63) is 0 Å². The summed E-state index contributed by atoms with van der Waals surface area (Å²) in [5.74, 6) is 2.41. The van der Waals surface area contributed by atoms with Crippen LogP contribution < -0.4 is 5.73 Å². The van der Waals surface area contributed by atoms with E-state index in [2.05, 4.69) is 30.7 Å². The highest BCUT2D eigenvalue weighted by Gasteiger charge is 2.17. The van der Waals surface area contributed by atoms with Gasteiger partial charge in [0, 0.05) is 19.6 Å². The molecule has 1 rings (SSSR count). The van der Waals surface area contributed by atoms with Crippen LogP contribution in [0.2, 0.25) is 0 Å². The summed E-state index contributed by atoms with van der Waals surface area (Å²) in [5.41, 5.74) is 5.96. The van der Waals surface area contributed by atoms with Crippen molar-refractivity contribution >= 4 is 5.96 Å². The minimum Gasteiger partial charge on any atom is -0.370 e. The van der Waals surface area contributed by atoms with Crippen LogP contribution in [-0.2, 0) is 0 Å². The van der Waals surface area contributed by atoms with E-state index in [1.165, 1.54) is 25.7 Å². The van der Waals surface area contributed by atoms with Crippen molar-refractivity contribution in [1.29, 1.82) is 0 Å². The predicted molar refractivity (Wildman–Crippen MR) is 70.5 cm³/mol. The summed E-state index contributed by atoms with van der Waals surface area (Å²) in [6, 6.07) is 0. The van der Waals surface area contributed by atoms with E-state index in [-0.39, 0.29) is 0 Å². The molecule has 0 spiro atoms. The standard InChI is InChI=1S/C13H27N3/c1-4-16(5-2)13(14)15-10-12-8-6-11(3)7-9-12/h11-12H,4-10H2,1-3H3,(H2,14,15). The first-order chi connectivity index (χ1) is 7.67. The minimum atomic E-state index is 0.726. The van der Waals surface area contributed by atoms with Gasteiger partial charge in [-0.25, -0.2) is 0 Å². The van der Waals surface area contributed by atoms with Crippen molar-refractivity contribution in [2.45, 2.75) is 46.5 Å². The number of nitrogens with two attached hydrogens (primary N) is 1. The Balaban J connectivity index is 2.34. The Labute approximate surface area is 100 Å². The Morgan fingerprint density at radius 1 is 1.19 bits per heavy atom. The van der Waals surface area contributed by atoms with E-state index < -0.39 is 0 Å². The van der Waals surface area contributed by atoms with E-state index in [9.17, 15) is 0 Å². The van der Waals surface area contributed by atoms with E-state index in [1.54, 1.807) is 0 Å². The van der Waals surface area contributed by atoms with Crippen LogP contribution in [0, 0.1) is 11.8 Å². The number of nitrogens with zero attached hydrogens (tertiary/aromatic N) is 2. The van der Waals surface area contributed by atoms with Crippen LogP contribution in [0.5, 0.6) is 0 Å². The molecule has 0 aliphatic heterocycles. The maximum Gasteiger partial charge on any atom is 0.191 e. The van der Waals surface area contributed by atoms with Gasteiger partial charge in [0.25, 0.3) is 0 Å². The molecule has 1 fully saturated rings. The molecule has 0 atom stereocenters. The smallest absolute Gasteiger partial charge is 0.191 e. The van der Waals surface area contributed by atoms with Crippen LogP contribution in [0.3, 0.4) is 0 Å². The Morgan fingerprint density at radius 2 is 1.75 bits per heavy atom. The maximum absolute atomic E-state index is 5.96. The number of hydrogen-bond donors (Lipinski definition) is 1. The number of hydrogen-bond acceptors (Lipinski definition) is 1. The van der Waals surface area contributed by atoms with Gasteiger partial charge in [0.1, 0.15) is 0 Å². The van der Waals surface area contributed by atoms with Crippen molar-refractivity contribution in [2.24, 2.45) is 22.6 Å². The summed E-state index contributed by atoms with van der Waals surface area (Å²) < 4.78 is 0. The highest BCUT2D eigenvalue weighted by molar-refractivity contribution is 5.77. The summed E-state index contributed by atoms with van der Waals surface area (Å²) in [6.45, 7) is 9.42. The molecule has 1 saturated carbocycles. The third-order valence-corrected chi connectivity index (χ3v) is 3.73. The highest BCUT2D eigenvalue weighted by atomic mass is 15.2. The number of aliphatic imine (C=N–C) groups is 1. The fraction of sp³-hybridized carbons (Fsp3) is 0.923. The zero-order chi connectivity index (χ0) is 12.0. The van der Waals surface area contributed by atoms with Gasteiger partial charge in [-0.05, 0) is 38.5 Å². The molecule has 1 aliphatic carbocycles. The van der Waals surface area contributed by atoms with Gasteiger partial charge in [-0.3, -0.25) is 4.99 Å². The predicted octanol–water partition coefficient (Wildman–Crippen LogP) is 2.47. The summed E-state index contributed by atoms with van der Waals surface area (Å²) in [6.07, 6.45) is 5.39. The topological polar surface area (TPSA) is 41.6 Å². The molecule has 0 bridgehead atoms. The van der Waals surface area contributed by atoms with E-state index in [1.807, 2.05) is 0 Å². The fourth-order valence-electron chi connectivity index (χ4n) is 2.38. The van der Waals surface area contributed by atoms with Gasteiger partial charge in [0.15, 0.2) is 5.96 Å². The van der Waals surface area contributed by atoms with E-state index in [0.29, 0.717) is 0 Å². The van der Waals surface area contributed by atoms with E-state index in [4.69, 9.17) is 5.73 Å². The second-order valence-corrected chi connectivity index (χ2v) is 5.00. The quantitative estimate of drug-likeness (QED) is 0.590. The summed E-state index contributed by atoms with van der Waals surface area (Å²) in [5, 5.41) is 0. The van der Waals surface area contributed by atoms with Crippen LogP contribution in [0.4, 0.5) is 0 Å². The van der Waals surface area contributed by atoms with Crippen molar-refractivity contribution < 1.29 is 0 Å². The lowest BCUT2D eigenvalue weighted by Gasteiger charge is -2.25.